The molecule has 3 heterocycles. The van der Waals surface area contributed by atoms with E-state index < -0.39 is 0 Å². The number of aromatic nitrogens is 1. The van der Waals surface area contributed by atoms with Crippen molar-refractivity contribution in [2.24, 2.45) is 4.99 Å². The van der Waals surface area contributed by atoms with E-state index in [1.165, 1.54) is 16.7 Å². The van der Waals surface area contributed by atoms with Crippen molar-refractivity contribution in [1.82, 2.24) is 14.8 Å². The van der Waals surface area contributed by atoms with Gasteiger partial charge >= 0.3 is 0 Å². The first kappa shape index (κ1) is 21.7. The van der Waals surface area contributed by atoms with Crippen LogP contribution < -0.4 is 0 Å². The van der Waals surface area contributed by atoms with Crippen molar-refractivity contribution in [3.05, 3.63) is 57.0 Å². The minimum Gasteiger partial charge on any atom is -0.344 e. The van der Waals surface area contributed by atoms with Gasteiger partial charge in [0.05, 0.1) is 0 Å². The number of pyridine rings is 1. The highest BCUT2D eigenvalue weighted by molar-refractivity contribution is 9.10. The van der Waals surface area contributed by atoms with Gasteiger partial charge in [-0.1, -0.05) is 33.7 Å². The molecule has 6 heteroatoms. The summed E-state index contributed by atoms with van der Waals surface area (Å²) in [6.07, 6.45) is 10.9. The van der Waals surface area contributed by atoms with Gasteiger partial charge in [-0.25, -0.2) is 0 Å². The number of aliphatic imine (C=N–C) groups is 1. The molecule has 0 N–H and O–H groups in total. The standard InChI is InChI=1S/C23H29BrN4O/c1-16(13-20-17(2)25-10-7-21(20)24)15-28-11-8-18(9-12-28)19-5-6-22(26-14-19)23(29)27(3)4/h7-8,10,13-14H,5-6,9,11-12,15H2,1-4H3/b16-13+. The first-order chi connectivity index (χ1) is 13.8. The monoisotopic (exact) mass is 456 g/mol. The highest BCUT2D eigenvalue weighted by atomic mass is 79.9. The fourth-order valence-electron chi connectivity index (χ4n) is 3.71. The van der Waals surface area contributed by atoms with Gasteiger partial charge < -0.3 is 4.90 Å². The van der Waals surface area contributed by atoms with Gasteiger partial charge in [0.2, 0.25) is 0 Å². The molecule has 0 bridgehead atoms. The van der Waals surface area contributed by atoms with Gasteiger partial charge in [0.1, 0.15) is 5.71 Å². The number of carbonyl (C=O) groups is 1. The Morgan fingerprint density at radius 3 is 2.66 bits per heavy atom. The summed E-state index contributed by atoms with van der Waals surface area (Å²) in [5, 5.41) is 0. The molecule has 29 heavy (non-hydrogen) atoms. The lowest BCUT2D eigenvalue weighted by atomic mass is 9.93. The molecule has 1 aromatic rings. The zero-order valence-electron chi connectivity index (χ0n) is 17.7. The molecule has 0 aliphatic carbocycles. The van der Waals surface area contributed by atoms with Crippen LogP contribution in [0.15, 0.2) is 50.7 Å². The molecule has 0 atom stereocenters. The molecule has 2 aliphatic heterocycles. The average Bonchev–Trinajstić information content (AvgIpc) is 2.71. The summed E-state index contributed by atoms with van der Waals surface area (Å²) in [5.41, 5.74) is 6.85. The molecule has 154 valence electrons. The minimum absolute atomic E-state index is 0.0156. The van der Waals surface area contributed by atoms with E-state index in [1.807, 2.05) is 25.4 Å². The van der Waals surface area contributed by atoms with Crippen LogP contribution in [0.2, 0.25) is 0 Å². The first-order valence-corrected chi connectivity index (χ1v) is 10.8. The van der Waals surface area contributed by atoms with Crippen molar-refractivity contribution in [3.63, 3.8) is 0 Å². The smallest absolute Gasteiger partial charge is 0.267 e. The molecule has 0 spiro atoms. The second kappa shape index (κ2) is 9.63. The van der Waals surface area contributed by atoms with E-state index >= 15 is 0 Å². The lowest BCUT2D eigenvalue weighted by Crippen LogP contribution is -2.32. The average molecular weight is 457 g/mol. The van der Waals surface area contributed by atoms with Gasteiger partial charge in [0.25, 0.3) is 5.91 Å². The van der Waals surface area contributed by atoms with E-state index in [9.17, 15) is 4.79 Å². The number of amides is 1. The molecular weight excluding hydrogens is 428 g/mol. The van der Waals surface area contributed by atoms with Gasteiger partial charge in [-0.15, -0.1) is 0 Å². The Kier molecular flexibility index (Phi) is 7.19. The zero-order chi connectivity index (χ0) is 21.0. The van der Waals surface area contributed by atoms with Crippen LogP contribution in [0.5, 0.6) is 0 Å². The molecule has 3 rings (SSSR count). The minimum atomic E-state index is 0.0156. The third-order valence-electron chi connectivity index (χ3n) is 5.37. The topological polar surface area (TPSA) is 48.8 Å². The van der Waals surface area contributed by atoms with E-state index in [0.29, 0.717) is 5.71 Å². The molecule has 1 aromatic heterocycles. The van der Waals surface area contributed by atoms with Crippen molar-refractivity contribution < 1.29 is 4.79 Å². The highest BCUT2D eigenvalue weighted by Crippen LogP contribution is 2.27. The Morgan fingerprint density at radius 2 is 2.07 bits per heavy atom. The third-order valence-corrected chi connectivity index (χ3v) is 6.06. The number of allylic oxidation sites excluding steroid dienone is 1. The predicted molar refractivity (Wildman–Crippen MR) is 123 cm³/mol. The molecule has 0 fully saturated rings. The largest absolute Gasteiger partial charge is 0.344 e. The normalized spacial score (nSPS) is 18.1. The number of halogens is 1. The van der Waals surface area contributed by atoms with Crippen LogP contribution in [0.3, 0.4) is 0 Å². The Labute approximate surface area is 182 Å². The maximum absolute atomic E-state index is 12.0. The summed E-state index contributed by atoms with van der Waals surface area (Å²) in [4.78, 5) is 24.9. The molecule has 0 aromatic carbocycles. The maximum Gasteiger partial charge on any atom is 0.267 e. The van der Waals surface area contributed by atoms with Crippen LogP contribution in [-0.2, 0) is 4.79 Å². The van der Waals surface area contributed by atoms with Crippen molar-refractivity contribution in [3.8, 4) is 0 Å². The fourth-order valence-corrected chi connectivity index (χ4v) is 4.23. The molecule has 0 saturated carbocycles. The van der Waals surface area contributed by atoms with E-state index in [0.717, 1.165) is 54.6 Å². The summed E-state index contributed by atoms with van der Waals surface area (Å²) in [6.45, 7) is 7.15. The highest BCUT2D eigenvalue weighted by Gasteiger charge is 2.20. The Balaban J connectivity index is 1.61. The maximum atomic E-state index is 12.0. The number of carbonyl (C=O) groups excluding carboxylic acids is 1. The van der Waals surface area contributed by atoms with Crippen LogP contribution in [0.25, 0.3) is 6.08 Å². The summed E-state index contributed by atoms with van der Waals surface area (Å²) in [6, 6.07) is 1.99. The van der Waals surface area contributed by atoms with Crippen LogP contribution in [-0.4, -0.2) is 60.1 Å². The SMILES string of the molecule is C/C(=C\c1c(Br)ccnc1C)CN1CC=C(C2=CN=C(C(=O)N(C)C)CC2)CC1. The first-order valence-electron chi connectivity index (χ1n) is 10.0. The van der Waals surface area contributed by atoms with Crippen molar-refractivity contribution in [2.45, 2.75) is 33.1 Å². The Hall–Kier alpha value is -2.05. The number of nitrogens with zero attached hydrogens (tertiary/aromatic N) is 4. The molecule has 2 aliphatic rings. The number of hydrogen-bond acceptors (Lipinski definition) is 4. The van der Waals surface area contributed by atoms with E-state index in [-0.39, 0.29) is 5.91 Å². The van der Waals surface area contributed by atoms with Crippen LogP contribution in [0.1, 0.15) is 37.4 Å². The summed E-state index contributed by atoms with van der Waals surface area (Å²) in [5.74, 6) is 0.0156. The number of hydrogen-bond donors (Lipinski definition) is 0. The molecule has 0 unspecified atom stereocenters. The zero-order valence-corrected chi connectivity index (χ0v) is 19.3. The lowest BCUT2D eigenvalue weighted by Gasteiger charge is -2.28. The van der Waals surface area contributed by atoms with E-state index in [4.69, 9.17) is 0 Å². The second-order valence-electron chi connectivity index (χ2n) is 7.93. The number of aryl methyl sites for hydroxylation is 1. The molecular formula is C23H29BrN4O. The van der Waals surface area contributed by atoms with Gasteiger partial charge in [-0.3, -0.25) is 19.7 Å². The van der Waals surface area contributed by atoms with E-state index in [2.05, 4.69) is 49.9 Å². The van der Waals surface area contributed by atoms with Crippen molar-refractivity contribution >= 4 is 33.6 Å². The van der Waals surface area contributed by atoms with Crippen LogP contribution in [0, 0.1) is 6.92 Å². The Bertz CT molecular complexity index is 891. The van der Waals surface area contributed by atoms with Gasteiger partial charge in [0.15, 0.2) is 0 Å². The lowest BCUT2D eigenvalue weighted by molar-refractivity contribution is -0.121. The van der Waals surface area contributed by atoms with Crippen LogP contribution in [0.4, 0.5) is 0 Å². The fraction of sp³-hybridized carbons (Fsp3) is 0.435. The summed E-state index contributed by atoms with van der Waals surface area (Å²) >= 11 is 3.63. The second-order valence-corrected chi connectivity index (χ2v) is 8.78. The van der Waals surface area contributed by atoms with Gasteiger partial charge in [-0.05, 0) is 50.3 Å². The Morgan fingerprint density at radius 1 is 1.28 bits per heavy atom. The summed E-state index contributed by atoms with van der Waals surface area (Å²) < 4.78 is 1.09. The predicted octanol–water partition coefficient (Wildman–Crippen LogP) is 4.39. The van der Waals surface area contributed by atoms with E-state index in [1.54, 1.807) is 19.0 Å². The third kappa shape index (κ3) is 5.52. The van der Waals surface area contributed by atoms with Crippen molar-refractivity contribution in [2.75, 3.05) is 33.7 Å². The molecule has 5 nitrogen and oxygen atoms in total. The quantitative estimate of drug-likeness (QED) is 0.659. The summed E-state index contributed by atoms with van der Waals surface area (Å²) in [7, 11) is 3.54. The number of rotatable bonds is 5. The molecule has 0 saturated heterocycles. The van der Waals surface area contributed by atoms with Crippen molar-refractivity contribution in [1.29, 1.82) is 0 Å². The molecule has 1 amide bonds. The van der Waals surface area contributed by atoms with Gasteiger partial charge in [0, 0.05) is 61.9 Å². The molecule has 0 radical (unpaired) electrons. The van der Waals surface area contributed by atoms with Crippen LogP contribution >= 0.6 is 15.9 Å². The van der Waals surface area contributed by atoms with Gasteiger partial charge in [-0.2, -0.15) is 0 Å².